The maximum absolute atomic E-state index is 12.3. The number of hydrogen-bond donors (Lipinski definition) is 1. The number of fused-ring (bicyclic) bond motifs is 1. The van der Waals surface area contributed by atoms with Gasteiger partial charge in [-0.15, -0.1) is 0 Å². The summed E-state index contributed by atoms with van der Waals surface area (Å²) in [5, 5.41) is 3.77. The summed E-state index contributed by atoms with van der Waals surface area (Å²) in [6, 6.07) is 8.90. The molecule has 0 atom stereocenters. The fourth-order valence-electron chi connectivity index (χ4n) is 2.99. The molecule has 28 heavy (non-hydrogen) atoms. The van der Waals surface area contributed by atoms with Gasteiger partial charge in [-0.1, -0.05) is 0 Å². The molecule has 0 spiro atoms. The van der Waals surface area contributed by atoms with Gasteiger partial charge in [0.25, 0.3) is 0 Å². The highest BCUT2D eigenvalue weighted by atomic mass is 16.5. The lowest BCUT2D eigenvalue weighted by molar-refractivity contribution is -0.121. The number of aryl methyl sites for hydroxylation is 2. The van der Waals surface area contributed by atoms with Crippen molar-refractivity contribution in [3.8, 4) is 5.75 Å². The minimum absolute atomic E-state index is 0.0340. The number of pyridine rings is 1. The van der Waals surface area contributed by atoms with E-state index in [9.17, 15) is 9.59 Å². The second-order valence-corrected chi connectivity index (χ2v) is 7.00. The van der Waals surface area contributed by atoms with Crippen LogP contribution >= 0.6 is 0 Å². The lowest BCUT2D eigenvalue weighted by Gasteiger charge is -2.16. The number of carbonyl (C=O) groups excluding carboxylic acids is 1. The monoisotopic (exact) mass is 380 g/mol. The predicted octanol–water partition coefficient (Wildman–Crippen LogP) is 3.53. The van der Waals surface area contributed by atoms with Crippen molar-refractivity contribution in [2.24, 2.45) is 0 Å². The summed E-state index contributed by atoms with van der Waals surface area (Å²) >= 11 is 0. The molecule has 0 aliphatic carbocycles. The number of ether oxygens (including phenoxy) is 1. The first kappa shape index (κ1) is 19.6. The SMILES string of the molecule is Cc1cc(=O)oc2cc(OC(C)C)c(CCC(=O)NCc3ccncc3)cc12. The van der Waals surface area contributed by atoms with Crippen molar-refractivity contribution < 1.29 is 13.9 Å². The molecule has 0 saturated carbocycles. The normalized spacial score (nSPS) is 11.0. The second-order valence-electron chi connectivity index (χ2n) is 7.00. The van der Waals surface area contributed by atoms with Crippen LogP contribution in [0.2, 0.25) is 0 Å². The maximum atomic E-state index is 12.3. The van der Waals surface area contributed by atoms with Crippen LogP contribution in [0.25, 0.3) is 11.0 Å². The van der Waals surface area contributed by atoms with Gasteiger partial charge in [0, 0.05) is 42.9 Å². The summed E-state index contributed by atoms with van der Waals surface area (Å²) in [6.45, 7) is 6.20. The van der Waals surface area contributed by atoms with Crippen molar-refractivity contribution in [2.75, 3.05) is 0 Å². The van der Waals surface area contributed by atoms with Crippen molar-refractivity contribution in [1.29, 1.82) is 0 Å². The van der Waals surface area contributed by atoms with Crippen LogP contribution in [0.1, 0.15) is 37.0 Å². The van der Waals surface area contributed by atoms with Crippen LogP contribution in [0.5, 0.6) is 5.75 Å². The van der Waals surface area contributed by atoms with Gasteiger partial charge in [0.05, 0.1) is 6.10 Å². The van der Waals surface area contributed by atoms with Crippen LogP contribution in [0, 0.1) is 6.92 Å². The Labute approximate surface area is 163 Å². The Bertz CT molecular complexity index is 1030. The zero-order valence-electron chi connectivity index (χ0n) is 16.3. The molecule has 0 fully saturated rings. The number of benzene rings is 1. The van der Waals surface area contributed by atoms with Crippen LogP contribution in [0.15, 0.2) is 51.9 Å². The van der Waals surface area contributed by atoms with Gasteiger partial charge in [0.1, 0.15) is 11.3 Å². The van der Waals surface area contributed by atoms with E-state index in [1.807, 2.05) is 39.0 Å². The highest BCUT2D eigenvalue weighted by Gasteiger charge is 2.13. The van der Waals surface area contributed by atoms with E-state index >= 15 is 0 Å². The third kappa shape index (κ3) is 4.97. The van der Waals surface area contributed by atoms with E-state index in [0.29, 0.717) is 30.7 Å². The Hall–Kier alpha value is -3.15. The van der Waals surface area contributed by atoms with Crippen LogP contribution in [0.3, 0.4) is 0 Å². The van der Waals surface area contributed by atoms with E-state index in [1.54, 1.807) is 18.5 Å². The summed E-state index contributed by atoms with van der Waals surface area (Å²) in [6.07, 6.45) is 4.23. The molecule has 0 bridgehead atoms. The molecule has 2 aromatic heterocycles. The van der Waals surface area contributed by atoms with Crippen LogP contribution in [-0.2, 0) is 17.8 Å². The minimum atomic E-state index is -0.385. The fourth-order valence-corrected chi connectivity index (χ4v) is 2.99. The predicted molar refractivity (Wildman–Crippen MR) is 107 cm³/mol. The number of nitrogens with zero attached hydrogens (tertiary/aromatic N) is 1. The third-order valence-electron chi connectivity index (χ3n) is 4.36. The van der Waals surface area contributed by atoms with E-state index in [4.69, 9.17) is 9.15 Å². The summed E-state index contributed by atoms with van der Waals surface area (Å²) in [5.41, 5.74) is 2.86. The van der Waals surface area contributed by atoms with Gasteiger partial charge in [-0.05, 0) is 62.1 Å². The van der Waals surface area contributed by atoms with Crippen LogP contribution < -0.4 is 15.7 Å². The van der Waals surface area contributed by atoms with E-state index in [0.717, 1.165) is 22.1 Å². The molecule has 6 heteroatoms. The summed E-state index contributed by atoms with van der Waals surface area (Å²) in [7, 11) is 0. The van der Waals surface area contributed by atoms with Crippen molar-refractivity contribution in [1.82, 2.24) is 10.3 Å². The van der Waals surface area contributed by atoms with Gasteiger partial charge in [-0.2, -0.15) is 0 Å². The molecule has 0 aliphatic rings. The first-order chi connectivity index (χ1) is 13.4. The molecule has 3 rings (SSSR count). The van der Waals surface area contributed by atoms with Crippen LogP contribution in [-0.4, -0.2) is 17.0 Å². The summed E-state index contributed by atoms with van der Waals surface area (Å²) in [4.78, 5) is 27.9. The topological polar surface area (TPSA) is 81.4 Å². The molecule has 146 valence electrons. The zero-order valence-corrected chi connectivity index (χ0v) is 16.3. The van der Waals surface area contributed by atoms with Gasteiger partial charge >= 0.3 is 5.63 Å². The number of rotatable bonds is 7. The van der Waals surface area contributed by atoms with Crippen molar-refractivity contribution in [3.63, 3.8) is 0 Å². The average molecular weight is 380 g/mol. The minimum Gasteiger partial charge on any atom is -0.491 e. The van der Waals surface area contributed by atoms with Gasteiger partial charge in [0.2, 0.25) is 5.91 Å². The van der Waals surface area contributed by atoms with Gasteiger partial charge in [-0.3, -0.25) is 9.78 Å². The van der Waals surface area contributed by atoms with Gasteiger partial charge in [-0.25, -0.2) is 4.79 Å². The molecule has 1 N–H and O–H groups in total. The molecule has 0 radical (unpaired) electrons. The number of amides is 1. The fraction of sp³-hybridized carbons (Fsp3) is 0.318. The standard InChI is InChI=1S/C22H24N2O4/c1-14(2)27-19-12-20-18(15(3)10-22(26)28-20)11-17(19)4-5-21(25)24-13-16-6-8-23-9-7-16/h6-12,14H,4-5,13H2,1-3H3,(H,24,25). The zero-order chi connectivity index (χ0) is 20.1. The Morgan fingerprint density at radius 1 is 1.21 bits per heavy atom. The molecule has 0 saturated heterocycles. The van der Waals surface area contributed by atoms with Gasteiger partial charge in [0.15, 0.2) is 0 Å². The molecular formula is C22H24N2O4. The Kier molecular flexibility index (Phi) is 6.09. The largest absolute Gasteiger partial charge is 0.491 e. The number of carbonyl (C=O) groups is 1. The first-order valence-corrected chi connectivity index (χ1v) is 9.32. The van der Waals surface area contributed by atoms with Crippen LogP contribution in [0.4, 0.5) is 0 Å². The summed E-state index contributed by atoms with van der Waals surface area (Å²) < 4.78 is 11.2. The Morgan fingerprint density at radius 2 is 1.96 bits per heavy atom. The van der Waals surface area contributed by atoms with E-state index < -0.39 is 0 Å². The van der Waals surface area contributed by atoms with E-state index in [2.05, 4.69) is 10.3 Å². The van der Waals surface area contributed by atoms with Gasteiger partial charge < -0.3 is 14.5 Å². The maximum Gasteiger partial charge on any atom is 0.336 e. The van der Waals surface area contributed by atoms with Crippen molar-refractivity contribution in [3.05, 3.63) is 69.8 Å². The quantitative estimate of drug-likeness (QED) is 0.634. The smallest absolute Gasteiger partial charge is 0.336 e. The molecule has 0 unspecified atom stereocenters. The Morgan fingerprint density at radius 3 is 2.68 bits per heavy atom. The third-order valence-corrected chi connectivity index (χ3v) is 4.36. The first-order valence-electron chi connectivity index (χ1n) is 9.32. The highest BCUT2D eigenvalue weighted by Crippen LogP contribution is 2.29. The van der Waals surface area contributed by atoms with E-state index in [-0.39, 0.29) is 17.6 Å². The highest BCUT2D eigenvalue weighted by molar-refractivity contribution is 5.83. The molecular weight excluding hydrogens is 356 g/mol. The van der Waals surface area contributed by atoms with Crippen molar-refractivity contribution >= 4 is 16.9 Å². The van der Waals surface area contributed by atoms with E-state index in [1.165, 1.54) is 6.07 Å². The lowest BCUT2D eigenvalue weighted by Crippen LogP contribution is -2.23. The number of aromatic nitrogens is 1. The molecule has 0 aliphatic heterocycles. The lowest BCUT2D eigenvalue weighted by atomic mass is 10.0. The average Bonchev–Trinajstić information content (AvgIpc) is 2.65. The molecule has 6 nitrogen and oxygen atoms in total. The number of nitrogens with one attached hydrogen (secondary N) is 1. The summed E-state index contributed by atoms with van der Waals surface area (Å²) in [5.74, 6) is 0.599. The molecule has 3 aromatic rings. The molecule has 1 amide bonds. The number of hydrogen-bond acceptors (Lipinski definition) is 5. The molecule has 2 heterocycles. The Balaban J connectivity index is 1.76. The second kappa shape index (κ2) is 8.69. The molecule has 1 aromatic carbocycles. The van der Waals surface area contributed by atoms with Crippen molar-refractivity contribution in [2.45, 2.75) is 46.3 Å².